The van der Waals surface area contributed by atoms with Crippen LogP contribution < -0.4 is 9.64 Å². The summed E-state index contributed by atoms with van der Waals surface area (Å²) >= 11 is 0. The smallest absolute Gasteiger partial charge is 0.254 e. The Morgan fingerprint density at radius 2 is 1.69 bits per heavy atom. The molecule has 0 N–H and O–H groups in total. The Balaban J connectivity index is 1.27. The number of piperidine rings is 1. The first-order chi connectivity index (χ1) is 15.5. The lowest BCUT2D eigenvalue weighted by atomic mass is 9.97. The monoisotopic (exact) mass is 436 g/mol. The van der Waals surface area contributed by atoms with Crippen molar-refractivity contribution in [2.75, 3.05) is 50.8 Å². The maximum atomic E-state index is 13.0. The van der Waals surface area contributed by atoms with Crippen LogP contribution in [0.2, 0.25) is 0 Å². The van der Waals surface area contributed by atoms with Gasteiger partial charge in [-0.3, -0.25) is 9.78 Å². The third-order valence-electron chi connectivity index (χ3n) is 6.61. The molecule has 0 saturated carbocycles. The van der Waals surface area contributed by atoms with E-state index in [-0.39, 0.29) is 11.4 Å². The van der Waals surface area contributed by atoms with Gasteiger partial charge in [0.25, 0.3) is 5.91 Å². The average molecular weight is 437 g/mol. The SMILES string of the molecule is CC1(C)CN(c2ccc(OCCCN3CCCCC3)cc2)CCN1C(=O)c1ccncc1. The summed E-state index contributed by atoms with van der Waals surface area (Å²) in [6, 6.07) is 12.0. The van der Waals surface area contributed by atoms with Crippen LogP contribution in [-0.4, -0.2) is 72.1 Å². The molecule has 2 aromatic rings. The number of carbonyl (C=O) groups is 1. The lowest BCUT2D eigenvalue weighted by Crippen LogP contribution is -2.61. The summed E-state index contributed by atoms with van der Waals surface area (Å²) in [4.78, 5) is 23.9. The predicted molar refractivity (Wildman–Crippen MR) is 128 cm³/mol. The molecule has 4 rings (SSSR count). The molecular formula is C26H36N4O2. The van der Waals surface area contributed by atoms with Gasteiger partial charge in [-0.25, -0.2) is 0 Å². The molecule has 2 fully saturated rings. The first kappa shape index (κ1) is 22.6. The number of benzene rings is 1. The number of pyridine rings is 1. The Kier molecular flexibility index (Phi) is 7.30. The van der Waals surface area contributed by atoms with Gasteiger partial charge in [0.15, 0.2) is 0 Å². The lowest BCUT2D eigenvalue weighted by molar-refractivity contribution is 0.0514. The molecule has 1 aromatic heterocycles. The molecule has 0 spiro atoms. The van der Waals surface area contributed by atoms with E-state index in [4.69, 9.17) is 4.74 Å². The molecule has 2 aliphatic rings. The number of anilines is 1. The number of hydrogen-bond acceptors (Lipinski definition) is 5. The normalized spacial score (nSPS) is 19.1. The molecule has 0 atom stereocenters. The summed E-state index contributed by atoms with van der Waals surface area (Å²) in [5.41, 5.74) is 1.61. The Hall–Kier alpha value is -2.60. The van der Waals surface area contributed by atoms with E-state index in [0.29, 0.717) is 12.1 Å². The number of likely N-dealkylation sites (tertiary alicyclic amines) is 1. The average Bonchev–Trinajstić information content (AvgIpc) is 2.82. The highest BCUT2D eigenvalue weighted by Crippen LogP contribution is 2.28. The number of nitrogens with zero attached hydrogens (tertiary/aromatic N) is 4. The molecular weight excluding hydrogens is 400 g/mol. The largest absolute Gasteiger partial charge is 0.494 e. The van der Waals surface area contributed by atoms with Crippen molar-refractivity contribution in [2.45, 2.75) is 45.1 Å². The van der Waals surface area contributed by atoms with Crippen molar-refractivity contribution < 1.29 is 9.53 Å². The Morgan fingerprint density at radius 1 is 0.969 bits per heavy atom. The predicted octanol–water partition coefficient (Wildman–Crippen LogP) is 4.08. The van der Waals surface area contributed by atoms with Gasteiger partial charge in [0.05, 0.1) is 12.1 Å². The van der Waals surface area contributed by atoms with Gasteiger partial charge >= 0.3 is 0 Å². The minimum atomic E-state index is -0.262. The second kappa shape index (κ2) is 10.3. The Morgan fingerprint density at radius 3 is 2.38 bits per heavy atom. The van der Waals surface area contributed by atoms with Crippen LogP contribution in [-0.2, 0) is 0 Å². The molecule has 32 heavy (non-hydrogen) atoms. The van der Waals surface area contributed by atoms with Gasteiger partial charge in [-0.2, -0.15) is 0 Å². The highest BCUT2D eigenvalue weighted by atomic mass is 16.5. The van der Waals surface area contributed by atoms with Crippen molar-refractivity contribution >= 4 is 11.6 Å². The van der Waals surface area contributed by atoms with Crippen molar-refractivity contribution in [1.29, 1.82) is 0 Å². The van der Waals surface area contributed by atoms with E-state index in [2.05, 4.69) is 52.9 Å². The molecule has 172 valence electrons. The molecule has 0 unspecified atom stereocenters. The van der Waals surface area contributed by atoms with Crippen LogP contribution in [0.25, 0.3) is 0 Å². The summed E-state index contributed by atoms with van der Waals surface area (Å²) in [5, 5.41) is 0. The Labute approximate surface area is 192 Å². The Bertz CT molecular complexity index is 863. The van der Waals surface area contributed by atoms with Crippen LogP contribution in [0.5, 0.6) is 5.75 Å². The fourth-order valence-electron chi connectivity index (χ4n) is 4.82. The van der Waals surface area contributed by atoms with Crippen LogP contribution >= 0.6 is 0 Å². The minimum absolute atomic E-state index is 0.0744. The van der Waals surface area contributed by atoms with E-state index in [9.17, 15) is 4.79 Å². The molecule has 1 aromatic carbocycles. The second-order valence-corrected chi connectivity index (χ2v) is 9.52. The summed E-state index contributed by atoms with van der Waals surface area (Å²) in [7, 11) is 0. The molecule has 2 saturated heterocycles. The molecule has 0 bridgehead atoms. The summed E-state index contributed by atoms with van der Waals surface area (Å²) in [6.45, 7) is 11.0. The van der Waals surface area contributed by atoms with Gasteiger partial charge in [0.1, 0.15) is 5.75 Å². The standard InChI is InChI=1S/C26H36N4O2/c1-26(2)21-29(18-19-30(26)25(31)22-11-13-27-14-12-22)23-7-9-24(10-8-23)32-20-6-17-28-15-4-3-5-16-28/h7-14H,3-6,15-21H2,1-2H3. The fraction of sp³-hybridized carbons (Fsp3) is 0.538. The van der Waals surface area contributed by atoms with E-state index < -0.39 is 0 Å². The minimum Gasteiger partial charge on any atom is -0.494 e. The van der Waals surface area contributed by atoms with Crippen LogP contribution in [0.1, 0.15) is 49.9 Å². The topological polar surface area (TPSA) is 48.9 Å². The van der Waals surface area contributed by atoms with Gasteiger partial charge in [-0.15, -0.1) is 0 Å². The van der Waals surface area contributed by atoms with Gasteiger partial charge in [0, 0.05) is 49.8 Å². The van der Waals surface area contributed by atoms with Crippen molar-refractivity contribution in [3.63, 3.8) is 0 Å². The first-order valence-electron chi connectivity index (χ1n) is 12.0. The van der Waals surface area contributed by atoms with Gasteiger partial charge in [-0.1, -0.05) is 6.42 Å². The molecule has 1 amide bonds. The number of aromatic nitrogens is 1. The molecule has 6 nitrogen and oxygen atoms in total. The highest BCUT2D eigenvalue weighted by Gasteiger charge is 2.37. The molecule has 3 heterocycles. The molecule has 2 aliphatic heterocycles. The van der Waals surface area contributed by atoms with E-state index in [0.717, 1.165) is 38.4 Å². The van der Waals surface area contributed by atoms with Crippen LogP contribution in [0.4, 0.5) is 5.69 Å². The van der Waals surface area contributed by atoms with E-state index >= 15 is 0 Å². The van der Waals surface area contributed by atoms with Crippen molar-refractivity contribution in [2.24, 2.45) is 0 Å². The van der Waals surface area contributed by atoms with Crippen LogP contribution in [0.15, 0.2) is 48.8 Å². The molecule has 6 heteroatoms. The summed E-state index contributed by atoms with van der Waals surface area (Å²) in [5.74, 6) is 1.00. The number of amides is 1. The van der Waals surface area contributed by atoms with Gasteiger partial charge < -0.3 is 19.4 Å². The number of rotatable bonds is 7. The van der Waals surface area contributed by atoms with E-state index in [1.165, 1.54) is 38.0 Å². The molecule has 0 radical (unpaired) electrons. The first-order valence-corrected chi connectivity index (χ1v) is 12.0. The maximum absolute atomic E-state index is 13.0. The van der Waals surface area contributed by atoms with Crippen molar-refractivity contribution in [1.82, 2.24) is 14.8 Å². The lowest BCUT2D eigenvalue weighted by Gasteiger charge is -2.48. The van der Waals surface area contributed by atoms with Crippen molar-refractivity contribution in [3.05, 3.63) is 54.4 Å². The maximum Gasteiger partial charge on any atom is 0.254 e. The quantitative estimate of drug-likeness (QED) is 0.612. The fourth-order valence-corrected chi connectivity index (χ4v) is 4.82. The summed E-state index contributed by atoms with van der Waals surface area (Å²) < 4.78 is 5.97. The van der Waals surface area contributed by atoms with E-state index in [1.54, 1.807) is 24.5 Å². The number of carbonyl (C=O) groups excluding carboxylic acids is 1. The van der Waals surface area contributed by atoms with Gasteiger partial charge in [-0.05, 0) is 82.6 Å². The van der Waals surface area contributed by atoms with Crippen LogP contribution in [0, 0.1) is 0 Å². The zero-order chi connectivity index (χ0) is 22.4. The highest BCUT2D eigenvalue weighted by molar-refractivity contribution is 5.94. The third-order valence-corrected chi connectivity index (χ3v) is 6.61. The van der Waals surface area contributed by atoms with E-state index in [1.807, 2.05) is 4.90 Å². The molecule has 0 aliphatic carbocycles. The van der Waals surface area contributed by atoms with Crippen LogP contribution in [0.3, 0.4) is 0 Å². The zero-order valence-corrected chi connectivity index (χ0v) is 19.5. The number of hydrogen-bond donors (Lipinski definition) is 0. The zero-order valence-electron chi connectivity index (χ0n) is 19.5. The summed E-state index contributed by atoms with van der Waals surface area (Å²) in [6.07, 6.45) is 8.48. The second-order valence-electron chi connectivity index (χ2n) is 9.52. The third kappa shape index (κ3) is 5.60. The number of piperazine rings is 1. The van der Waals surface area contributed by atoms with Gasteiger partial charge in [0.2, 0.25) is 0 Å². The number of ether oxygens (including phenoxy) is 1. The van der Waals surface area contributed by atoms with Crippen molar-refractivity contribution in [3.8, 4) is 5.75 Å².